The molecule has 0 fully saturated rings. The molecule has 24 heavy (non-hydrogen) atoms. The number of fused-ring (bicyclic) bond motifs is 1. The van der Waals surface area contributed by atoms with Crippen LogP contribution in [0.3, 0.4) is 0 Å². The van der Waals surface area contributed by atoms with Gasteiger partial charge in [0.15, 0.2) is 0 Å². The van der Waals surface area contributed by atoms with Gasteiger partial charge >= 0.3 is 0 Å². The number of benzene rings is 1. The summed E-state index contributed by atoms with van der Waals surface area (Å²) in [5.41, 5.74) is 2.95. The van der Waals surface area contributed by atoms with E-state index in [9.17, 15) is 9.90 Å². The minimum atomic E-state index is -0.584. The van der Waals surface area contributed by atoms with Crippen molar-refractivity contribution in [3.8, 4) is 0 Å². The Labute approximate surface area is 140 Å². The number of aliphatic hydroxyl groups is 1. The number of aryl methyl sites for hydroxylation is 1. The summed E-state index contributed by atoms with van der Waals surface area (Å²) in [6.07, 6.45) is 3.13. The molecule has 3 rings (SSSR count). The first-order valence-corrected chi connectivity index (χ1v) is 7.82. The number of carbonyl (C=O) groups is 1. The Morgan fingerprint density at radius 1 is 1.29 bits per heavy atom. The molecule has 124 valence electrons. The number of rotatable bonds is 5. The molecule has 0 saturated heterocycles. The first-order chi connectivity index (χ1) is 11.6. The summed E-state index contributed by atoms with van der Waals surface area (Å²) in [6, 6.07) is 11.2. The molecule has 1 amide bonds. The Kier molecular flexibility index (Phi) is 4.57. The van der Waals surface area contributed by atoms with Gasteiger partial charge in [0.1, 0.15) is 5.52 Å². The second-order valence-electron chi connectivity index (χ2n) is 5.84. The molecule has 6 heteroatoms. The molecule has 6 nitrogen and oxygen atoms in total. The Morgan fingerprint density at radius 2 is 2.04 bits per heavy atom. The highest BCUT2D eigenvalue weighted by molar-refractivity contribution is 5.96. The summed E-state index contributed by atoms with van der Waals surface area (Å²) in [5.74, 6) is -0.120. The summed E-state index contributed by atoms with van der Waals surface area (Å²) in [6.45, 7) is 0.457. The molecule has 1 atom stereocenters. The number of aromatic nitrogens is 3. The molecule has 0 spiro atoms. The highest BCUT2D eigenvalue weighted by Crippen LogP contribution is 2.17. The van der Waals surface area contributed by atoms with Crippen molar-refractivity contribution in [1.29, 1.82) is 0 Å². The number of hydrogen-bond donors (Lipinski definition) is 1. The summed E-state index contributed by atoms with van der Waals surface area (Å²) in [4.78, 5) is 18.4. The van der Waals surface area contributed by atoms with Crippen LogP contribution in [0, 0.1) is 0 Å². The van der Waals surface area contributed by atoms with E-state index in [0.717, 1.165) is 16.6 Å². The van der Waals surface area contributed by atoms with Crippen LogP contribution in [0.2, 0.25) is 0 Å². The molecule has 0 aliphatic rings. The molecule has 1 N–H and O–H groups in total. The number of pyridine rings is 1. The monoisotopic (exact) mass is 324 g/mol. The lowest BCUT2D eigenvalue weighted by Gasteiger charge is -2.19. The van der Waals surface area contributed by atoms with E-state index in [4.69, 9.17) is 0 Å². The van der Waals surface area contributed by atoms with E-state index in [1.54, 1.807) is 35.1 Å². The van der Waals surface area contributed by atoms with Crippen LogP contribution in [0.1, 0.15) is 28.4 Å². The topological polar surface area (TPSA) is 71.2 Å². The molecule has 0 radical (unpaired) electrons. The average molecular weight is 324 g/mol. The SMILES string of the molecule is CN(CCC(O)c1ccccc1)C(=O)c1cnc2cnn(C)c2c1. The zero-order chi connectivity index (χ0) is 17.1. The van der Waals surface area contributed by atoms with Crippen molar-refractivity contribution in [3.05, 3.63) is 59.9 Å². The van der Waals surface area contributed by atoms with Gasteiger partial charge in [-0.3, -0.25) is 14.5 Å². The predicted octanol–water partition coefficient (Wildman–Crippen LogP) is 2.16. The maximum absolute atomic E-state index is 12.5. The van der Waals surface area contributed by atoms with Crippen LogP contribution in [0.15, 0.2) is 48.8 Å². The number of nitrogens with zero attached hydrogens (tertiary/aromatic N) is 4. The smallest absolute Gasteiger partial charge is 0.255 e. The van der Waals surface area contributed by atoms with E-state index in [1.165, 1.54) is 0 Å². The van der Waals surface area contributed by atoms with Crippen molar-refractivity contribution in [2.75, 3.05) is 13.6 Å². The van der Waals surface area contributed by atoms with Crippen molar-refractivity contribution in [1.82, 2.24) is 19.7 Å². The number of carbonyl (C=O) groups excluding carboxylic acids is 1. The lowest BCUT2D eigenvalue weighted by Crippen LogP contribution is -2.28. The van der Waals surface area contributed by atoms with Crippen LogP contribution in [0.25, 0.3) is 11.0 Å². The van der Waals surface area contributed by atoms with Crippen LogP contribution in [0.5, 0.6) is 0 Å². The van der Waals surface area contributed by atoms with Crippen molar-refractivity contribution >= 4 is 16.9 Å². The third-order valence-electron chi connectivity index (χ3n) is 4.12. The van der Waals surface area contributed by atoms with E-state index in [-0.39, 0.29) is 5.91 Å². The molecular weight excluding hydrogens is 304 g/mol. The summed E-state index contributed by atoms with van der Waals surface area (Å²) in [7, 11) is 3.55. The number of aliphatic hydroxyl groups excluding tert-OH is 1. The second kappa shape index (κ2) is 6.80. The van der Waals surface area contributed by atoms with Gasteiger partial charge in [-0.2, -0.15) is 5.10 Å². The molecule has 1 unspecified atom stereocenters. The lowest BCUT2D eigenvalue weighted by atomic mass is 10.1. The Balaban J connectivity index is 1.66. The van der Waals surface area contributed by atoms with E-state index in [0.29, 0.717) is 18.5 Å². The van der Waals surface area contributed by atoms with Gasteiger partial charge < -0.3 is 10.0 Å². The zero-order valence-electron chi connectivity index (χ0n) is 13.8. The largest absolute Gasteiger partial charge is 0.388 e. The van der Waals surface area contributed by atoms with Gasteiger partial charge in [-0.15, -0.1) is 0 Å². The standard InChI is InChI=1S/C18H20N4O2/c1-21(9-8-17(23)13-6-4-3-5-7-13)18(24)14-10-16-15(19-11-14)12-20-22(16)2/h3-7,10-12,17,23H,8-9H2,1-2H3. The maximum atomic E-state index is 12.5. The predicted molar refractivity (Wildman–Crippen MR) is 91.5 cm³/mol. The van der Waals surface area contributed by atoms with E-state index in [1.807, 2.05) is 37.4 Å². The quantitative estimate of drug-likeness (QED) is 0.781. The van der Waals surface area contributed by atoms with E-state index >= 15 is 0 Å². The molecule has 0 aliphatic heterocycles. The van der Waals surface area contributed by atoms with Crippen LogP contribution in [-0.4, -0.2) is 44.3 Å². The fourth-order valence-corrected chi connectivity index (χ4v) is 2.62. The highest BCUT2D eigenvalue weighted by Gasteiger charge is 2.16. The van der Waals surface area contributed by atoms with Crippen LogP contribution in [0.4, 0.5) is 0 Å². The lowest BCUT2D eigenvalue weighted by molar-refractivity contribution is 0.0761. The molecule has 0 bridgehead atoms. The minimum Gasteiger partial charge on any atom is -0.388 e. The van der Waals surface area contributed by atoms with Gasteiger partial charge in [-0.25, -0.2) is 0 Å². The van der Waals surface area contributed by atoms with Gasteiger partial charge in [0.05, 0.1) is 23.4 Å². The molecule has 2 aromatic heterocycles. The molecule has 2 heterocycles. The number of amides is 1. The van der Waals surface area contributed by atoms with E-state index < -0.39 is 6.10 Å². The molecular formula is C18H20N4O2. The van der Waals surface area contributed by atoms with Crippen molar-refractivity contribution < 1.29 is 9.90 Å². The maximum Gasteiger partial charge on any atom is 0.255 e. The van der Waals surface area contributed by atoms with Gasteiger partial charge in [-0.05, 0) is 18.1 Å². The Hall–Kier alpha value is -2.73. The summed E-state index contributed by atoms with van der Waals surface area (Å²) >= 11 is 0. The van der Waals surface area contributed by atoms with E-state index in [2.05, 4.69) is 10.1 Å². The van der Waals surface area contributed by atoms with Crippen LogP contribution in [-0.2, 0) is 7.05 Å². The van der Waals surface area contributed by atoms with Crippen molar-refractivity contribution in [3.63, 3.8) is 0 Å². The number of hydrogen-bond acceptors (Lipinski definition) is 4. The first kappa shape index (κ1) is 16.1. The second-order valence-corrected chi connectivity index (χ2v) is 5.84. The normalized spacial score (nSPS) is 12.3. The highest BCUT2D eigenvalue weighted by atomic mass is 16.3. The molecule has 3 aromatic rings. The summed E-state index contributed by atoms with van der Waals surface area (Å²) in [5, 5.41) is 14.3. The van der Waals surface area contributed by atoms with Gasteiger partial charge in [0.25, 0.3) is 5.91 Å². The third kappa shape index (κ3) is 3.28. The van der Waals surface area contributed by atoms with Crippen molar-refractivity contribution in [2.45, 2.75) is 12.5 Å². The molecule has 0 aliphatic carbocycles. The minimum absolute atomic E-state index is 0.120. The third-order valence-corrected chi connectivity index (χ3v) is 4.12. The van der Waals surface area contributed by atoms with Crippen LogP contribution >= 0.6 is 0 Å². The van der Waals surface area contributed by atoms with Crippen molar-refractivity contribution in [2.24, 2.45) is 7.05 Å². The van der Waals surface area contributed by atoms with Gasteiger partial charge in [0, 0.05) is 26.8 Å². The molecule has 1 aromatic carbocycles. The molecule has 0 saturated carbocycles. The van der Waals surface area contributed by atoms with Crippen LogP contribution < -0.4 is 0 Å². The summed E-state index contributed by atoms with van der Waals surface area (Å²) < 4.78 is 1.69. The Bertz CT molecular complexity index is 845. The fraction of sp³-hybridized carbons (Fsp3) is 0.278. The average Bonchev–Trinajstić information content (AvgIpc) is 3.00. The zero-order valence-corrected chi connectivity index (χ0v) is 13.8. The first-order valence-electron chi connectivity index (χ1n) is 7.82. The fourth-order valence-electron chi connectivity index (χ4n) is 2.62. The van der Waals surface area contributed by atoms with Gasteiger partial charge in [0.2, 0.25) is 0 Å². The Morgan fingerprint density at radius 3 is 2.79 bits per heavy atom. The van der Waals surface area contributed by atoms with Gasteiger partial charge in [-0.1, -0.05) is 30.3 Å².